The van der Waals surface area contributed by atoms with E-state index in [9.17, 15) is 19.5 Å². The Hall–Kier alpha value is -3.35. The van der Waals surface area contributed by atoms with Gasteiger partial charge >= 0.3 is 12.1 Å². The summed E-state index contributed by atoms with van der Waals surface area (Å²) in [5, 5.41) is 12.4. The first-order valence-corrected chi connectivity index (χ1v) is 12.5. The number of hydrogen-bond donors (Lipinski definition) is 2. The average molecular weight is 477 g/mol. The van der Waals surface area contributed by atoms with Crippen molar-refractivity contribution in [1.29, 1.82) is 0 Å². The zero-order chi connectivity index (χ0) is 24.6. The van der Waals surface area contributed by atoms with Gasteiger partial charge in [0.2, 0.25) is 5.91 Å². The van der Waals surface area contributed by atoms with Crippen molar-refractivity contribution in [3.05, 3.63) is 59.7 Å². The molecule has 35 heavy (non-hydrogen) atoms. The van der Waals surface area contributed by atoms with Crippen LogP contribution >= 0.6 is 0 Å². The molecule has 2 amide bonds. The molecule has 7 heteroatoms. The molecule has 2 N–H and O–H groups in total. The highest BCUT2D eigenvalue weighted by Crippen LogP contribution is 2.51. The summed E-state index contributed by atoms with van der Waals surface area (Å²) in [7, 11) is 0. The normalized spacial score (nSPS) is 20.6. The van der Waals surface area contributed by atoms with E-state index >= 15 is 0 Å². The molecule has 1 saturated carbocycles. The molecule has 2 atom stereocenters. The summed E-state index contributed by atoms with van der Waals surface area (Å²) in [6.45, 7) is 2.93. The molecule has 184 valence electrons. The van der Waals surface area contributed by atoms with Gasteiger partial charge in [-0.15, -0.1) is 0 Å². The summed E-state index contributed by atoms with van der Waals surface area (Å²) in [6, 6.07) is 16.2. The fourth-order valence-corrected chi connectivity index (χ4v) is 6.05. The molecule has 5 rings (SSSR count). The van der Waals surface area contributed by atoms with Crippen LogP contribution < -0.4 is 5.32 Å². The second-order valence-electron chi connectivity index (χ2n) is 10.3. The Morgan fingerprint density at radius 3 is 2.26 bits per heavy atom. The Morgan fingerprint density at radius 2 is 1.71 bits per heavy atom. The summed E-state index contributed by atoms with van der Waals surface area (Å²) in [6.07, 6.45) is 3.05. The summed E-state index contributed by atoms with van der Waals surface area (Å²) in [5.41, 5.74) is 4.45. The van der Waals surface area contributed by atoms with E-state index in [2.05, 4.69) is 29.6 Å². The first-order valence-electron chi connectivity index (χ1n) is 12.5. The molecule has 2 fully saturated rings. The molecular formula is C28H32N2O5. The lowest BCUT2D eigenvalue weighted by molar-refractivity contribution is -0.146. The number of fused-ring (bicyclic) bond motifs is 3. The summed E-state index contributed by atoms with van der Waals surface area (Å²) < 4.78 is 5.60. The number of carbonyl (C=O) groups is 3. The molecule has 2 unspecified atom stereocenters. The van der Waals surface area contributed by atoms with Gasteiger partial charge in [0.1, 0.15) is 6.61 Å². The van der Waals surface area contributed by atoms with E-state index in [1.165, 1.54) is 11.1 Å². The standard InChI is InChI=1S/C28H32N2O5/c1-18(11-12-25(31)30-15-24(26(32)33)28(17-30)13-6-14-28)29-27(34)35-16-23-21-9-4-2-7-19(21)20-8-3-5-10-22(20)23/h2-5,7-10,18,23-24H,6,11-17H2,1H3,(H,29,34)(H,32,33). The maximum atomic E-state index is 12.8. The fraction of sp³-hybridized carbons (Fsp3) is 0.464. The van der Waals surface area contributed by atoms with Gasteiger partial charge in [-0.1, -0.05) is 55.0 Å². The number of carbonyl (C=O) groups excluding carboxylic acids is 2. The molecule has 2 aliphatic carbocycles. The lowest BCUT2D eigenvalue weighted by atomic mass is 9.63. The van der Waals surface area contributed by atoms with Crippen LogP contribution in [0.15, 0.2) is 48.5 Å². The molecule has 0 radical (unpaired) electrons. The Morgan fingerprint density at radius 1 is 1.09 bits per heavy atom. The van der Waals surface area contributed by atoms with E-state index in [1.807, 2.05) is 31.2 Å². The molecule has 1 aliphatic heterocycles. The van der Waals surface area contributed by atoms with Crippen LogP contribution in [-0.4, -0.2) is 53.7 Å². The van der Waals surface area contributed by atoms with Crippen LogP contribution in [0.5, 0.6) is 0 Å². The number of aliphatic carboxylic acids is 1. The van der Waals surface area contributed by atoms with E-state index in [0.29, 0.717) is 19.5 Å². The molecule has 1 heterocycles. The molecule has 1 spiro atoms. The summed E-state index contributed by atoms with van der Waals surface area (Å²) >= 11 is 0. The predicted molar refractivity (Wildman–Crippen MR) is 131 cm³/mol. The zero-order valence-corrected chi connectivity index (χ0v) is 20.0. The molecule has 3 aliphatic rings. The lowest BCUT2D eigenvalue weighted by Gasteiger charge is -2.40. The maximum absolute atomic E-state index is 12.8. The third-order valence-electron chi connectivity index (χ3n) is 8.15. The van der Waals surface area contributed by atoms with Crippen molar-refractivity contribution in [3.63, 3.8) is 0 Å². The molecule has 0 bridgehead atoms. The number of alkyl carbamates (subject to hydrolysis) is 1. The Labute approximate surface area is 205 Å². The van der Waals surface area contributed by atoms with Crippen LogP contribution in [-0.2, 0) is 14.3 Å². The fourth-order valence-electron chi connectivity index (χ4n) is 6.05. The van der Waals surface area contributed by atoms with Crippen LogP contribution in [0.1, 0.15) is 56.1 Å². The number of amides is 2. The third kappa shape index (κ3) is 4.40. The third-order valence-corrected chi connectivity index (χ3v) is 8.15. The van der Waals surface area contributed by atoms with Crippen molar-refractivity contribution in [1.82, 2.24) is 10.2 Å². The van der Waals surface area contributed by atoms with E-state index in [1.54, 1.807) is 4.90 Å². The smallest absolute Gasteiger partial charge is 0.407 e. The van der Waals surface area contributed by atoms with Gasteiger partial charge in [-0.25, -0.2) is 4.79 Å². The average Bonchev–Trinajstić information content (AvgIpc) is 3.39. The van der Waals surface area contributed by atoms with Gasteiger partial charge < -0.3 is 20.1 Å². The van der Waals surface area contributed by atoms with Crippen molar-refractivity contribution in [2.75, 3.05) is 19.7 Å². The van der Waals surface area contributed by atoms with Crippen LogP contribution in [0, 0.1) is 11.3 Å². The van der Waals surface area contributed by atoms with Crippen LogP contribution in [0.4, 0.5) is 4.79 Å². The highest BCUT2D eigenvalue weighted by molar-refractivity contribution is 5.80. The van der Waals surface area contributed by atoms with Crippen molar-refractivity contribution in [2.45, 2.75) is 51.0 Å². The molecular weight excluding hydrogens is 444 g/mol. The van der Waals surface area contributed by atoms with Gasteiger partial charge in [0.05, 0.1) is 5.92 Å². The number of benzene rings is 2. The minimum absolute atomic E-state index is 0.00112. The number of carboxylic acids is 1. The van der Waals surface area contributed by atoms with Gasteiger partial charge in [-0.05, 0) is 48.4 Å². The Kier molecular flexibility index (Phi) is 6.26. The molecule has 0 aromatic heterocycles. The largest absolute Gasteiger partial charge is 0.481 e. The quantitative estimate of drug-likeness (QED) is 0.617. The highest BCUT2D eigenvalue weighted by atomic mass is 16.5. The topological polar surface area (TPSA) is 95.9 Å². The molecule has 2 aromatic carbocycles. The van der Waals surface area contributed by atoms with E-state index in [0.717, 1.165) is 30.4 Å². The monoisotopic (exact) mass is 476 g/mol. The predicted octanol–water partition coefficient (Wildman–Crippen LogP) is 4.41. The van der Waals surface area contributed by atoms with Gasteiger partial charge in [0.25, 0.3) is 0 Å². The first kappa shape index (κ1) is 23.4. The molecule has 2 aromatic rings. The van der Waals surface area contributed by atoms with Crippen molar-refractivity contribution < 1.29 is 24.2 Å². The van der Waals surface area contributed by atoms with Crippen molar-refractivity contribution in [3.8, 4) is 11.1 Å². The summed E-state index contributed by atoms with van der Waals surface area (Å²) in [4.78, 5) is 38.6. The molecule has 1 saturated heterocycles. The number of nitrogens with one attached hydrogen (secondary N) is 1. The van der Waals surface area contributed by atoms with E-state index in [4.69, 9.17) is 4.74 Å². The van der Waals surface area contributed by atoms with Crippen molar-refractivity contribution in [2.24, 2.45) is 11.3 Å². The Balaban J connectivity index is 1.10. The van der Waals surface area contributed by atoms with E-state index in [-0.39, 0.29) is 36.3 Å². The number of nitrogens with zero attached hydrogens (tertiary/aromatic N) is 1. The minimum Gasteiger partial charge on any atom is -0.481 e. The second kappa shape index (κ2) is 9.36. The second-order valence-corrected chi connectivity index (χ2v) is 10.3. The number of carboxylic acid groups (broad SMARTS) is 1. The lowest BCUT2D eigenvalue weighted by Crippen LogP contribution is -2.41. The molecule has 7 nitrogen and oxygen atoms in total. The van der Waals surface area contributed by atoms with E-state index < -0.39 is 18.0 Å². The highest BCUT2D eigenvalue weighted by Gasteiger charge is 2.54. The van der Waals surface area contributed by atoms with Gasteiger partial charge in [0.15, 0.2) is 0 Å². The van der Waals surface area contributed by atoms with Crippen LogP contribution in [0.2, 0.25) is 0 Å². The maximum Gasteiger partial charge on any atom is 0.407 e. The van der Waals surface area contributed by atoms with Crippen LogP contribution in [0.3, 0.4) is 0 Å². The van der Waals surface area contributed by atoms with Crippen LogP contribution in [0.25, 0.3) is 11.1 Å². The Bertz CT molecular complexity index is 1100. The zero-order valence-electron chi connectivity index (χ0n) is 20.0. The van der Waals surface area contributed by atoms with Crippen molar-refractivity contribution >= 4 is 18.0 Å². The SMILES string of the molecule is CC(CCC(=O)N1CC(C(=O)O)C2(CCC2)C1)NC(=O)OCC1c2ccccc2-c2ccccc21. The first-order chi connectivity index (χ1) is 16.9. The van der Waals surface area contributed by atoms with Gasteiger partial charge in [0, 0.05) is 36.9 Å². The van der Waals surface area contributed by atoms with Gasteiger partial charge in [-0.3, -0.25) is 9.59 Å². The number of hydrogen-bond acceptors (Lipinski definition) is 4. The number of ether oxygens (including phenoxy) is 1. The number of rotatable bonds is 7. The minimum atomic E-state index is -0.801. The van der Waals surface area contributed by atoms with Gasteiger partial charge in [-0.2, -0.15) is 0 Å². The summed E-state index contributed by atoms with van der Waals surface area (Å²) in [5.74, 6) is -1.30. The number of likely N-dealkylation sites (tertiary alicyclic amines) is 1.